The highest BCUT2D eigenvalue weighted by Gasteiger charge is 2.44. The zero-order valence-electron chi connectivity index (χ0n) is 12.5. The first-order valence-corrected chi connectivity index (χ1v) is 7.66. The zero-order valence-corrected chi connectivity index (χ0v) is 12.5. The van der Waals surface area contributed by atoms with Crippen molar-refractivity contribution in [3.63, 3.8) is 0 Å². The molecule has 0 unspecified atom stereocenters. The van der Waals surface area contributed by atoms with Crippen molar-refractivity contribution in [3.8, 4) is 5.75 Å². The van der Waals surface area contributed by atoms with E-state index in [4.69, 9.17) is 4.74 Å². The second-order valence-electron chi connectivity index (χ2n) is 6.86. The van der Waals surface area contributed by atoms with E-state index in [9.17, 15) is 13.2 Å². The van der Waals surface area contributed by atoms with E-state index in [1.54, 1.807) is 6.07 Å². The Morgan fingerprint density at radius 2 is 1.86 bits per heavy atom. The van der Waals surface area contributed by atoms with Crippen LogP contribution in [0, 0.1) is 11.8 Å². The molecule has 21 heavy (non-hydrogen) atoms. The lowest BCUT2D eigenvalue weighted by Crippen LogP contribution is -2.34. The van der Waals surface area contributed by atoms with E-state index in [1.807, 2.05) is 0 Å². The van der Waals surface area contributed by atoms with Gasteiger partial charge in [0.25, 0.3) is 0 Å². The maximum Gasteiger partial charge on any atom is 0.416 e. The predicted octanol–water partition coefficient (Wildman–Crippen LogP) is 5.18. The lowest BCUT2D eigenvalue weighted by molar-refractivity contribution is -0.137. The Kier molecular flexibility index (Phi) is 3.45. The van der Waals surface area contributed by atoms with Gasteiger partial charge in [0.15, 0.2) is 0 Å². The molecule has 1 spiro atoms. The van der Waals surface area contributed by atoms with Crippen molar-refractivity contribution in [1.82, 2.24) is 0 Å². The molecule has 4 heteroatoms. The van der Waals surface area contributed by atoms with Gasteiger partial charge in [-0.25, -0.2) is 0 Å². The molecule has 1 aliphatic heterocycles. The van der Waals surface area contributed by atoms with Crippen molar-refractivity contribution in [2.24, 2.45) is 11.8 Å². The van der Waals surface area contributed by atoms with Crippen LogP contribution in [0.15, 0.2) is 18.2 Å². The number of halogens is 3. The van der Waals surface area contributed by atoms with Crippen LogP contribution < -0.4 is 4.74 Å². The van der Waals surface area contributed by atoms with Gasteiger partial charge in [-0.15, -0.1) is 0 Å². The first-order chi connectivity index (χ1) is 9.82. The van der Waals surface area contributed by atoms with Gasteiger partial charge in [-0.3, -0.25) is 0 Å². The first kappa shape index (κ1) is 14.7. The molecule has 1 fully saturated rings. The van der Waals surface area contributed by atoms with Crippen molar-refractivity contribution in [2.75, 3.05) is 6.61 Å². The minimum absolute atomic E-state index is 0.0507. The van der Waals surface area contributed by atoms with E-state index >= 15 is 0 Å². The molecule has 0 aromatic heterocycles. The molecular formula is C17H21F3O. The fourth-order valence-electron chi connectivity index (χ4n) is 3.82. The molecule has 3 rings (SSSR count). The Bertz CT molecular complexity index is 525. The molecule has 0 bridgehead atoms. The summed E-state index contributed by atoms with van der Waals surface area (Å²) < 4.78 is 43.9. The Balaban J connectivity index is 1.85. The van der Waals surface area contributed by atoms with Crippen LogP contribution in [0.1, 0.15) is 50.7 Å². The van der Waals surface area contributed by atoms with Gasteiger partial charge in [-0.1, -0.05) is 19.9 Å². The highest BCUT2D eigenvalue weighted by atomic mass is 19.4. The molecule has 2 aliphatic rings. The van der Waals surface area contributed by atoms with Gasteiger partial charge < -0.3 is 4.74 Å². The fourth-order valence-corrected chi connectivity index (χ4v) is 3.82. The quantitative estimate of drug-likeness (QED) is 0.694. The number of hydrogen-bond donors (Lipinski definition) is 0. The van der Waals surface area contributed by atoms with E-state index in [1.165, 1.54) is 12.1 Å². The number of hydrogen-bond acceptors (Lipinski definition) is 1. The SMILES string of the molecule is CC(C)C1CCC2(CC1)COc1cc(C(F)(F)F)ccc12. The van der Waals surface area contributed by atoms with E-state index in [0.717, 1.165) is 37.2 Å². The van der Waals surface area contributed by atoms with Gasteiger partial charge in [0, 0.05) is 11.0 Å². The Morgan fingerprint density at radius 3 is 2.43 bits per heavy atom. The van der Waals surface area contributed by atoms with E-state index in [0.29, 0.717) is 18.3 Å². The summed E-state index contributed by atoms with van der Waals surface area (Å²) in [4.78, 5) is 0. The molecule has 0 saturated heterocycles. The average molecular weight is 298 g/mol. The van der Waals surface area contributed by atoms with E-state index in [-0.39, 0.29) is 5.41 Å². The summed E-state index contributed by atoms with van der Waals surface area (Å²) in [5.74, 6) is 1.85. The highest BCUT2D eigenvalue weighted by Crippen LogP contribution is 2.51. The summed E-state index contributed by atoms with van der Waals surface area (Å²) in [5.41, 5.74) is 0.317. The van der Waals surface area contributed by atoms with Gasteiger partial charge in [0.2, 0.25) is 0 Å². The van der Waals surface area contributed by atoms with Crippen molar-refractivity contribution in [1.29, 1.82) is 0 Å². The summed E-state index contributed by atoms with van der Waals surface area (Å²) in [6, 6.07) is 4.00. The second-order valence-corrected chi connectivity index (χ2v) is 6.86. The summed E-state index contributed by atoms with van der Waals surface area (Å²) in [6.07, 6.45) is 0.0227. The Labute approximate surface area is 123 Å². The largest absolute Gasteiger partial charge is 0.492 e. The van der Waals surface area contributed by atoms with E-state index in [2.05, 4.69) is 13.8 Å². The number of fused-ring (bicyclic) bond motifs is 2. The van der Waals surface area contributed by atoms with Gasteiger partial charge in [0.1, 0.15) is 5.75 Å². The minimum atomic E-state index is -4.30. The molecule has 0 amide bonds. The molecule has 0 radical (unpaired) electrons. The number of benzene rings is 1. The van der Waals surface area contributed by atoms with Crippen molar-refractivity contribution in [3.05, 3.63) is 29.3 Å². The molecule has 1 heterocycles. The highest BCUT2D eigenvalue weighted by molar-refractivity contribution is 5.47. The molecule has 0 N–H and O–H groups in total. The Morgan fingerprint density at radius 1 is 1.19 bits per heavy atom. The van der Waals surface area contributed by atoms with Crippen LogP contribution in [0.25, 0.3) is 0 Å². The number of alkyl halides is 3. The summed E-state index contributed by atoms with van der Waals surface area (Å²) in [6.45, 7) is 5.03. The number of ether oxygens (including phenoxy) is 1. The normalized spacial score (nSPS) is 28.8. The molecule has 1 aliphatic carbocycles. The fraction of sp³-hybridized carbons (Fsp3) is 0.647. The van der Waals surface area contributed by atoms with Crippen molar-refractivity contribution in [2.45, 2.75) is 51.1 Å². The summed E-state index contributed by atoms with van der Waals surface area (Å²) in [7, 11) is 0. The second kappa shape index (κ2) is 4.92. The van der Waals surface area contributed by atoms with Crippen LogP contribution in [0.2, 0.25) is 0 Å². The molecule has 1 aromatic rings. The maximum atomic E-state index is 12.8. The standard InChI is InChI=1S/C17H21F3O/c1-11(2)12-5-7-16(8-6-12)10-21-15-9-13(17(18,19)20)3-4-14(15)16/h3-4,9,11-12H,5-8,10H2,1-2H3. The Hall–Kier alpha value is -1.19. The van der Waals surface area contributed by atoms with Gasteiger partial charge in [0.05, 0.1) is 12.2 Å². The van der Waals surface area contributed by atoms with Gasteiger partial charge >= 0.3 is 6.18 Å². The third-order valence-corrected chi connectivity index (χ3v) is 5.31. The molecule has 1 saturated carbocycles. The van der Waals surface area contributed by atoms with Crippen LogP contribution in [-0.4, -0.2) is 6.61 Å². The van der Waals surface area contributed by atoms with E-state index < -0.39 is 11.7 Å². The smallest absolute Gasteiger partial charge is 0.416 e. The third kappa shape index (κ3) is 2.53. The predicted molar refractivity (Wildman–Crippen MR) is 75.4 cm³/mol. The van der Waals surface area contributed by atoms with Crippen LogP contribution in [0.5, 0.6) is 5.75 Å². The van der Waals surface area contributed by atoms with Crippen molar-refractivity contribution < 1.29 is 17.9 Å². The molecule has 116 valence electrons. The lowest BCUT2D eigenvalue weighted by atomic mass is 9.66. The molecular weight excluding hydrogens is 277 g/mol. The van der Waals surface area contributed by atoms with Gasteiger partial charge in [-0.2, -0.15) is 13.2 Å². The van der Waals surface area contributed by atoms with Crippen LogP contribution in [-0.2, 0) is 11.6 Å². The van der Waals surface area contributed by atoms with Crippen molar-refractivity contribution >= 4 is 0 Å². The average Bonchev–Trinajstić information content (AvgIpc) is 2.77. The zero-order chi connectivity index (χ0) is 15.3. The molecule has 1 nitrogen and oxygen atoms in total. The van der Waals surface area contributed by atoms with Gasteiger partial charge in [-0.05, 0) is 49.7 Å². The lowest BCUT2D eigenvalue weighted by Gasteiger charge is -2.37. The van der Waals surface area contributed by atoms with Crippen LogP contribution >= 0.6 is 0 Å². The maximum absolute atomic E-state index is 12.8. The number of rotatable bonds is 1. The monoisotopic (exact) mass is 298 g/mol. The summed E-state index contributed by atoms with van der Waals surface area (Å²) >= 11 is 0. The molecule has 0 atom stereocenters. The van der Waals surface area contributed by atoms with Crippen LogP contribution in [0.3, 0.4) is 0 Å². The topological polar surface area (TPSA) is 9.23 Å². The first-order valence-electron chi connectivity index (χ1n) is 7.66. The minimum Gasteiger partial charge on any atom is -0.492 e. The third-order valence-electron chi connectivity index (χ3n) is 5.31. The molecule has 1 aromatic carbocycles. The summed E-state index contributed by atoms with van der Waals surface area (Å²) in [5, 5.41) is 0. The van der Waals surface area contributed by atoms with Crippen LogP contribution in [0.4, 0.5) is 13.2 Å².